The summed E-state index contributed by atoms with van der Waals surface area (Å²) in [5.74, 6) is 0.270. The molecule has 1 N–H and O–H groups in total. The van der Waals surface area contributed by atoms with Gasteiger partial charge in [-0.3, -0.25) is 0 Å². The van der Waals surface area contributed by atoms with Crippen LogP contribution in [0, 0.1) is 0 Å². The average molecular weight is 274 g/mol. The van der Waals surface area contributed by atoms with Crippen LogP contribution in [0.5, 0.6) is 0 Å². The van der Waals surface area contributed by atoms with Crippen molar-refractivity contribution in [2.45, 2.75) is 18.6 Å². The summed E-state index contributed by atoms with van der Waals surface area (Å²) >= 11 is 0. The van der Waals surface area contributed by atoms with E-state index in [1.165, 1.54) is 0 Å². The third kappa shape index (κ3) is 2.50. The number of hydrogen-bond donors (Lipinski definition) is 1. The van der Waals surface area contributed by atoms with Gasteiger partial charge in [0, 0.05) is 6.42 Å². The first kappa shape index (κ1) is 14.2. The zero-order valence-corrected chi connectivity index (χ0v) is 10.6. The fraction of sp³-hybridized carbons (Fsp3) is 1.00. The molecule has 2 unspecified atom stereocenters. The molecule has 1 spiro atoms. The topological polar surface area (TPSA) is 54.4 Å². The summed E-state index contributed by atoms with van der Waals surface area (Å²) < 4.78 is 36.4. The number of aliphatic hydroxyl groups is 1. The van der Waals surface area contributed by atoms with Crippen LogP contribution >= 0.6 is 0 Å². The predicted octanol–water partition coefficient (Wildman–Crippen LogP) is -3.66. The van der Waals surface area contributed by atoms with Crippen LogP contribution in [0.3, 0.4) is 0 Å². The van der Waals surface area contributed by atoms with Crippen molar-refractivity contribution >= 4 is 9.84 Å². The van der Waals surface area contributed by atoms with E-state index in [2.05, 4.69) is 0 Å². The predicted molar refractivity (Wildman–Crippen MR) is 53.9 cm³/mol. The Morgan fingerprint density at radius 3 is 2.38 bits per heavy atom. The summed E-state index contributed by atoms with van der Waals surface area (Å²) in [4.78, 5) is 0. The minimum absolute atomic E-state index is 0. The summed E-state index contributed by atoms with van der Waals surface area (Å²) in [7, 11) is -2.92. The second-order valence-corrected chi connectivity index (χ2v) is 6.97. The number of sulfone groups is 1. The van der Waals surface area contributed by atoms with Crippen LogP contribution < -0.4 is 12.4 Å². The van der Waals surface area contributed by atoms with E-state index in [-0.39, 0.29) is 36.6 Å². The van der Waals surface area contributed by atoms with Gasteiger partial charge < -0.3 is 22.0 Å². The van der Waals surface area contributed by atoms with E-state index in [9.17, 15) is 17.9 Å². The normalized spacial score (nSPS) is 35.9. The van der Waals surface area contributed by atoms with Gasteiger partial charge in [-0.2, -0.15) is 0 Å². The van der Waals surface area contributed by atoms with Gasteiger partial charge in [0.15, 0.2) is 16.0 Å². The number of halogens is 2. The van der Waals surface area contributed by atoms with Crippen molar-refractivity contribution in [3.8, 4) is 0 Å². The number of rotatable bonds is 1. The number of quaternary nitrogens is 1. The van der Waals surface area contributed by atoms with Gasteiger partial charge in [-0.1, -0.05) is 0 Å². The second-order valence-electron chi connectivity index (χ2n) is 4.67. The van der Waals surface area contributed by atoms with Crippen LogP contribution in [0.25, 0.3) is 0 Å². The molecule has 0 aliphatic carbocycles. The highest BCUT2D eigenvalue weighted by molar-refractivity contribution is 7.91. The highest BCUT2D eigenvalue weighted by Gasteiger charge is 2.49. The van der Waals surface area contributed by atoms with Crippen molar-refractivity contribution in [1.82, 2.24) is 0 Å². The van der Waals surface area contributed by atoms with Crippen LogP contribution in [0.1, 0.15) is 6.42 Å². The summed E-state index contributed by atoms with van der Waals surface area (Å²) in [5.41, 5.74) is 0. The van der Waals surface area contributed by atoms with E-state index in [1.54, 1.807) is 0 Å². The Morgan fingerprint density at radius 2 is 1.88 bits per heavy atom. The highest BCUT2D eigenvalue weighted by atomic mass is 35.5. The Balaban J connectivity index is 0.00000128. The number of alkyl halides is 1. The molecule has 16 heavy (non-hydrogen) atoms. The van der Waals surface area contributed by atoms with Gasteiger partial charge in [-0.25, -0.2) is 12.8 Å². The van der Waals surface area contributed by atoms with Crippen molar-refractivity contribution in [3.05, 3.63) is 0 Å². The molecule has 96 valence electrons. The Morgan fingerprint density at radius 1 is 1.31 bits per heavy atom. The van der Waals surface area contributed by atoms with Crippen LogP contribution in [-0.4, -0.2) is 68.0 Å². The van der Waals surface area contributed by atoms with E-state index in [0.29, 0.717) is 30.5 Å². The van der Waals surface area contributed by atoms with E-state index in [4.69, 9.17) is 0 Å². The largest absolute Gasteiger partial charge is 1.00 e. The minimum atomic E-state index is -2.92. The Bertz CT molecular complexity index is 335. The van der Waals surface area contributed by atoms with Crippen molar-refractivity contribution in [3.63, 3.8) is 0 Å². The second kappa shape index (κ2) is 4.76. The molecule has 0 radical (unpaired) electrons. The standard InChI is InChI=1S/C9H17FNO3S.ClH/c10-8-5-9(7-12)11(6-8)1-3-15(13,14)4-2-11;/h8-9,12H,1-7H2;1H/q+1;/p-1. The molecule has 0 amide bonds. The van der Waals surface area contributed by atoms with Crippen molar-refractivity contribution < 1.29 is 34.8 Å². The molecule has 2 aliphatic heterocycles. The van der Waals surface area contributed by atoms with Gasteiger partial charge in [0.05, 0.1) is 31.2 Å². The quantitative estimate of drug-likeness (QED) is 0.501. The monoisotopic (exact) mass is 273 g/mol. The van der Waals surface area contributed by atoms with Gasteiger partial charge in [-0.05, 0) is 0 Å². The Labute approximate surface area is 101 Å². The number of hydrogen-bond acceptors (Lipinski definition) is 3. The minimum Gasteiger partial charge on any atom is -1.00 e. The maximum Gasteiger partial charge on any atom is 0.161 e. The van der Waals surface area contributed by atoms with Crippen molar-refractivity contribution in [1.29, 1.82) is 0 Å². The third-order valence-corrected chi connectivity index (χ3v) is 5.38. The SMILES string of the molecule is O=S1(=O)CC[N+]2(CC1)CC(F)CC2CO.[Cl-]. The van der Waals surface area contributed by atoms with Gasteiger partial charge in [-0.15, -0.1) is 0 Å². The summed E-state index contributed by atoms with van der Waals surface area (Å²) in [6, 6.07) is -0.101. The van der Waals surface area contributed by atoms with Crippen LogP contribution in [0.4, 0.5) is 4.39 Å². The Kier molecular flexibility index (Phi) is 4.21. The molecule has 0 aromatic rings. The molecule has 0 saturated carbocycles. The molecular formula is C9H17ClFNO3S. The van der Waals surface area contributed by atoms with Crippen LogP contribution in [0.15, 0.2) is 0 Å². The molecule has 0 bridgehead atoms. The lowest BCUT2D eigenvalue weighted by Crippen LogP contribution is -3.00. The fourth-order valence-electron chi connectivity index (χ4n) is 2.79. The Hall–Kier alpha value is 0.0900. The lowest BCUT2D eigenvalue weighted by molar-refractivity contribution is -0.937. The zero-order chi connectivity index (χ0) is 11.1. The molecule has 0 aromatic carbocycles. The van der Waals surface area contributed by atoms with Crippen molar-refractivity contribution in [2.24, 2.45) is 0 Å². The van der Waals surface area contributed by atoms with Gasteiger partial charge in [0.25, 0.3) is 0 Å². The van der Waals surface area contributed by atoms with E-state index in [1.807, 2.05) is 0 Å². The first-order valence-electron chi connectivity index (χ1n) is 5.29. The van der Waals surface area contributed by atoms with E-state index < -0.39 is 16.0 Å². The lowest BCUT2D eigenvalue weighted by Gasteiger charge is -2.41. The molecule has 0 aromatic heterocycles. The lowest BCUT2D eigenvalue weighted by atomic mass is 10.2. The average Bonchev–Trinajstić information content (AvgIpc) is 2.49. The zero-order valence-electron chi connectivity index (χ0n) is 8.98. The number of nitrogens with zero attached hydrogens (tertiary/aromatic N) is 1. The molecule has 2 atom stereocenters. The molecule has 2 heterocycles. The highest BCUT2D eigenvalue weighted by Crippen LogP contribution is 2.31. The fourth-order valence-corrected chi connectivity index (χ4v) is 4.28. The summed E-state index contributed by atoms with van der Waals surface area (Å²) in [5, 5.41) is 9.20. The summed E-state index contributed by atoms with van der Waals surface area (Å²) in [6.07, 6.45) is -0.515. The molecular weight excluding hydrogens is 257 g/mol. The van der Waals surface area contributed by atoms with Gasteiger partial charge >= 0.3 is 0 Å². The molecule has 2 fully saturated rings. The molecule has 7 heteroatoms. The van der Waals surface area contributed by atoms with Crippen LogP contribution in [-0.2, 0) is 9.84 Å². The van der Waals surface area contributed by atoms with Crippen molar-refractivity contribution in [2.75, 3.05) is 37.7 Å². The van der Waals surface area contributed by atoms with E-state index >= 15 is 0 Å². The first-order chi connectivity index (χ1) is 6.97. The maximum absolute atomic E-state index is 13.3. The molecule has 2 rings (SSSR count). The molecule has 2 saturated heterocycles. The van der Waals surface area contributed by atoms with Gasteiger partial charge in [0.2, 0.25) is 0 Å². The van der Waals surface area contributed by atoms with Gasteiger partial charge in [0.1, 0.15) is 12.6 Å². The number of aliphatic hydroxyl groups excluding tert-OH is 1. The van der Waals surface area contributed by atoms with E-state index in [0.717, 1.165) is 0 Å². The molecule has 2 aliphatic rings. The molecule has 4 nitrogen and oxygen atoms in total. The third-order valence-electron chi connectivity index (χ3n) is 3.77. The summed E-state index contributed by atoms with van der Waals surface area (Å²) in [6.45, 7) is 1.27. The maximum atomic E-state index is 13.3. The first-order valence-corrected chi connectivity index (χ1v) is 7.11. The van der Waals surface area contributed by atoms with Crippen LogP contribution in [0.2, 0.25) is 0 Å². The smallest absolute Gasteiger partial charge is 0.161 e.